The van der Waals surface area contributed by atoms with Gasteiger partial charge in [0, 0.05) is 18.9 Å². The molecule has 0 radical (unpaired) electrons. The smallest absolute Gasteiger partial charge is 0.311 e. The van der Waals surface area contributed by atoms with Crippen LogP contribution in [0.25, 0.3) is 10.8 Å². The van der Waals surface area contributed by atoms with E-state index in [-0.39, 0.29) is 17.7 Å². The van der Waals surface area contributed by atoms with Gasteiger partial charge in [-0.25, -0.2) is 9.67 Å². The second-order valence-electron chi connectivity index (χ2n) is 7.17. The zero-order valence-electron chi connectivity index (χ0n) is 17.0. The van der Waals surface area contributed by atoms with Gasteiger partial charge in [0.15, 0.2) is 5.69 Å². The highest BCUT2D eigenvalue weighted by Gasteiger charge is 2.30. The van der Waals surface area contributed by atoms with Gasteiger partial charge in [-0.2, -0.15) is 18.3 Å². The van der Waals surface area contributed by atoms with Crippen LogP contribution < -0.4 is 10.9 Å². The minimum Gasteiger partial charge on any atom is -0.311 e. The van der Waals surface area contributed by atoms with E-state index in [9.17, 15) is 22.8 Å². The topological polar surface area (TPSA) is 76.9 Å². The number of amides is 1. The van der Waals surface area contributed by atoms with Gasteiger partial charge in [0.25, 0.3) is 11.5 Å². The zero-order valence-corrected chi connectivity index (χ0v) is 17.8. The van der Waals surface area contributed by atoms with Crippen LogP contribution in [0.1, 0.15) is 32.3 Å². The average molecular weight is 458 g/mol. The van der Waals surface area contributed by atoms with Crippen molar-refractivity contribution in [2.75, 3.05) is 5.32 Å². The van der Waals surface area contributed by atoms with Crippen molar-refractivity contribution >= 4 is 33.0 Å². The third kappa shape index (κ3) is 4.26. The number of fused-ring (bicyclic) bond motifs is 1. The highest BCUT2D eigenvalue weighted by Crippen LogP contribution is 2.31. The van der Waals surface area contributed by atoms with E-state index in [2.05, 4.69) is 15.4 Å². The molecule has 164 valence electrons. The number of alkyl halides is 3. The lowest BCUT2D eigenvalue weighted by molar-refractivity contribution is -0.137. The molecule has 0 fully saturated rings. The van der Waals surface area contributed by atoms with E-state index >= 15 is 0 Å². The highest BCUT2D eigenvalue weighted by atomic mass is 32.1. The van der Waals surface area contributed by atoms with Crippen molar-refractivity contribution in [1.82, 2.24) is 14.8 Å². The molecule has 1 N–H and O–H groups in total. The molecule has 0 spiro atoms. The number of aryl methyl sites for hydroxylation is 2. The number of nitrogens with zero attached hydrogens (tertiary/aromatic N) is 3. The normalized spacial score (nSPS) is 11.7. The van der Waals surface area contributed by atoms with Crippen LogP contribution in [0.4, 0.5) is 18.2 Å². The molecule has 32 heavy (non-hydrogen) atoms. The van der Waals surface area contributed by atoms with E-state index in [0.717, 1.165) is 16.8 Å². The van der Waals surface area contributed by atoms with Crippen molar-refractivity contribution in [2.45, 2.75) is 19.5 Å². The van der Waals surface area contributed by atoms with Crippen LogP contribution in [0, 0.1) is 6.92 Å². The summed E-state index contributed by atoms with van der Waals surface area (Å²) in [5.41, 5.74) is 0.0745. The molecule has 0 saturated heterocycles. The number of hydrogen-bond donors (Lipinski definition) is 1. The van der Waals surface area contributed by atoms with Crippen molar-refractivity contribution in [3.63, 3.8) is 0 Å². The number of carbonyl (C=O) groups is 1. The maximum absolute atomic E-state index is 13.0. The summed E-state index contributed by atoms with van der Waals surface area (Å²) in [4.78, 5) is 29.6. The van der Waals surface area contributed by atoms with Crippen molar-refractivity contribution in [3.8, 4) is 0 Å². The fraction of sp³-hybridized carbons (Fsp3) is 0.182. The van der Waals surface area contributed by atoms with Crippen LogP contribution in [-0.4, -0.2) is 20.7 Å². The van der Waals surface area contributed by atoms with Gasteiger partial charge >= 0.3 is 6.18 Å². The van der Waals surface area contributed by atoms with Crippen molar-refractivity contribution in [1.29, 1.82) is 0 Å². The first kappa shape index (κ1) is 21.7. The number of benzene rings is 2. The van der Waals surface area contributed by atoms with E-state index in [0.29, 0.717) is 32.0 Å². The summed E-state index contributed by atoms with van der Waals surface area (Å²) in [5, 5.41) is 8.71. The van der Waals surface area contributed by atoms with Gasteiger partial charge in [-0.05, 0) is 24.6 Å². The minimum atomic E-state index is -4.42. The average Bonchev–Trinajstić information content (AvgIpc) is 3.08. The molecule has 10 heteroatoms. The fourth-order valence-electron chi connectivity index (χ4n) is 3.31. The standard InChI is InChI=1S/C22H17F3N4O2S/c1-12-20(32-17(26-12)11-13-6-5-7-14(10-13)22(23,24)25)27-19(30)18-15-8-3-4-9-16(15)21(31)29(2)28-18/h3-10H,11H2,1-2H3,(H,27,30). The SMILES string of the molecule is Cc1nc(Cc2cccc(C(F)(F)F)c2)sc1NC(=O)c1nn(C)c(=O)c2ccccc12. The number of halogens is 3. The molecule has 0 saturated carbocycles. The number of carbonyl (C=O) groups excluding carboxylic acids is 1. The summed E-state index contributed by atoms with van der Waals surface area (Å²) in [6.07, 6.45) is -4.22. The van der Waals surface area contributed by atoms with Gasteiger partial charge in [-0.15, -0.1) is 11.3 Å². The zero-order chi connectivity index (χ0) is 23.0. The lowest BCUT2D eigenvalue weighted by atomic mass is 10.1. The summed E-state index contributed by atoms with van der Waals surface area (Å²) in [7, 11) is 1.47. The first-order valence-electron chi connectivity index (χ1n) is 9.53. The molecule has 2 aromatic carbocycles. The number of rotatable bonds is 4. The molecular weight excluding hydrogens is 441 g/mol. The molecule has 4 aromatic rings. The maximum atomic E-state index is 13.0. The second kappa shape index (κ2) is 8.19. The Labute approximate surface area is 184 Å². The molecular formula is C22H17F3N4O2S. The summed E-state index contributed by atoms with van der Waals surface area (Å²) in [6.45, 7) is 1.70. The van der Waals surface area contributed by atoms with E-state index in [4.69, 9.17) is 0 Å². The van der Waals surface area contributed by atoms with Crippen molar-refractivity contribution < 1.29 is 18.0 Å². The number of thiazole rings is 1. The van der Waals surface area contributed by atoms with Crippen LogP contribution >= 0.6 is 11.3 Å². The molecule has 2 heterocycles. The molecule has 0 aliphatic heterocycles. The first-order chi connectivity index (χ1) is 15.1. The second-order valence-corrected chi connectivity index (χ2v) is 8.26. The Morgan fingerprint density at radius 3 is 2.56 bits per heavy atom. The Hall–Kier alpha value is -3.53. The monoisotopic (exact) mass is 458 g/mol. The van der Waals surface area contributed by atoms with Gasteiger partial charge in [-0.3, -0.25) is 9.59 Å². The number of anilines is 1. The Morgan fingerprint density at radius 1 is 1.12 bits per heavy atom. The summed E-state index contributed by atoms with van der Waals surface area (Å²) >= 11 is 1.18. The van der Waals surface area contributed by atoms with Crippen LogP contribution in [0.2, 0.25) is 0 Å². The van der Waals surface area contributed by atoms with Crippen molar-refractivity contribution in [2.24, 2.45) is 7.05 Å². The molecule has 0 atom stereocenters. The van der Waals surface area contributed by atoms with Crippen LogP contribution in [0.15, 0.2) is 53.3 Å². The van der Waals surface area contributed by atoms with Gasteiger partial charge in [0.1, 0.15) is 5.00 Å². The molecule has 1 amide bonds. The summed E-state index contributed by atoms with van der Waals surface area (Å²) in [5.74, 6) is -0.505. The molecule has 0 aliphatic rings. The molecule has 0 bridgehead atoms. The van der Waals surface area contributed by atoms with Crippen LogP contribution in [-0.2, 0) is 19.6 Å². The van der Waals surface area contributed by atoms with E-state index < -0.39 is 17.6 Å². The summed E-state index contributed by atoms with van der Waals surface area (Å²) < 4.78 is 40.0. The minimum absolute atomic E-state index is 0.0925. The maximum Gasteiger partial charge on any atom is 0.416 e. The lowest BCUT2D eigenvalue weighted by Gasteiger charge is -2.08. The number of hydrogen-bond acceptors (Lipinski definition) is 5. The third-order valence-electron chi connectivity index (χ3n) is 4.85. The fourth-order valence-corrected chi connectivity index (χ4v) is 4.30. The molecule has 4 rings (SSSR count). The Kier molecular flexibility index (Phi) is 5.55. The Balaban J connectivity index is 1.60. The first-order valence-corrected chi connectivity index (χ1v) is 10.3. The predicted molar refractivity (Wildman–Crippen MR) is 116 cm³/mol. The molecule has 0 aliphatic carbocycles. The Morgan fingerprint density at radius 2 is 1.84 bits per heavy atom. The quantitative estimate of drug-likeness (QED) is 0.486. The molecule has 0 unspecified atom stereocenters. The third-order valence-corrected chi connectivity index (χ3v) is 5.92. The lowest BCUT2D eigenvalue weighted by Crippen LogP contribution is -2.25. The summed E-state index contributed by atoms with van der Waals surface area (Å²) in [6, 6.07) is 11.8. The van der Waals surface area contributed by atoms with Gasteiger partial charge in [0.2, 0.25) is 0 Å². The highest BCUT2D eigenvalue weighted by molar-refractivity contribution is 7.16. The molecule has 6 nitrogen and oxygen atoms in total. The van der Waals surface area contributed by atoms with Gasteiger partial charge in [-0.1, -0.05) is 36.4 Å². The number of aromatic nitrogens is 3. The van der Waals surface area contributed by atoms with Gasteiger partial charge < -0.3 is 5.32 Å². The Bertz CT molecular complexity index is 1390. The van der Waals surface area contributed by atoms with E-state index in [1.807, 2.05) is 0 Å². The number of nitrogens with one attached hydrogen (secondary N) is 1. The largest absolute Gasteiger partial charge is 0.416 e. The van der Waals surface area contributed by atoms with Crippen LogP contribution in [0.3, 0.4) is 0 Å². The van der Waals surface area contributed by atoms with Crippen LogP contribution in [0.5, 0.6) is 0 Å². The predicted octanol–water partition coefficient (Wildman–Crippen LogP) is 4.56. The van der Waals surface area contributed by atoms with E-state index in [1.54, 1.807) is 37.3 Å². The van der Waals surface area contributed by atoms with Crippen molar-refractivity contribution in [3.05, 3.63) is 86.4 Å². The molecule has 2 aromatic heterocycles. The van der Waals surface area contributed by atoms with E-state index in [1.165, 1.54) is 24.5 Å². The van der Waals surface area contributed by atoms with Gasteiger partial charge in [0.05, 0.1) is 21.7 Å².